The number of nitrogens with one attached hydrogen (secondary N) is 1. The molecule has 1 aliphatic rings. The van der Waals surface area contributed by atoms with Crippen LogP contribution in [0.4, 0.5) is 0 Å². The van der Waals surface area contributed by atoms with Crippen molar-refractivity contribution in [3.8, 4) is 0 Å². The molecular formula is C16H30N2O3. The van der Waals surface area contributed by atoms with Gasteiger partial charge in [-0.3, -0.25) is 9.59 Å². The fraction of sp³-hybridized carbons (Fsp3) is 0.875. The molecule has 122 valence electrons. The Morgan fingerprint density at radius 2 is 1.90 bits per heavy atom. The Morgan fingerprint density at radius 1 is 1.24 bits per heavy atom. The van der Waals surface area contributed by atoms with Crippen molar-refractivity contribution in [2.24, 2.45) is 17.8 Å². The van der Waals surface area contributed by atoms with E-state index in [1.807, 2.05) is 13.8 Å². The van der Waals surface area contributed by atoms with Crippen molar-refractivity contribution in [3.05, 3.63) is 0 Å². The fourth-order valence-electron chi connectivity index (χ4n) is 2.91. The molecule has 1 heterocycles. The van der Waals surface area contributed by atoms with E-state index in [0.29, 0.717) is 12.3 Å². The lowest BCUT2D eigenvalue weighted by Gasteiger charge is -2.38. The first-order chi connectivity index (χ1) is 9.81. The fourth-order valence-corrected chi connectivity index (χ4v) is 2.91. The highest BCUT2D eigenvalue weighted by Crippen LogP contribution is 2.21. The normalized spacial score (nSPS) is 23.4. The third kappa shape index (κ3) is 6.46. The van der Waals surface area contributed by atoms with Crippen molar-refractivity contribution in [2.75, 3.05) is 26.7 Å². The number of nitrogens with zero attached hydrogens (tertiary/aromatic N) is 1. The number of ether oxygens (including phenoxy) is 1. The number of amides is 1. The van der Waals surface area contributed by atoms with Crippen LogP contribution in [0.3, 0.4) is 0 Å². The van der Waals surface area contributed by atoms with Crippen LogP contribution in [0.1, 0.15) is 40.5 Å². The number of carbonyl (C=O) groups is 2. The lowest BCUT2D eigenvalue weighted by Crippen LogP contribution is -2.52. The monoisotopic (exact) mass is 298 g/mol. The zero-order valence-electron chi connectivity index (χ0n) is 14.0. The summed E-state index contributed by atoms with van der Waals surface area (Å²) in [5.74, 6) is 0.735. The quantitative estimate of drug-likeness (QED) is 0.758. The minimum atomic E-state index is -0.166. The maximum absolute atomic E-state index is 11.9. The molecule has 0 aromatic heterocycles. The van der Waals surface area contributed by atoms with E-state index in [1.165, 1.54) is 7.11 Å². The lowest BCUT2D eigenvalue weighted by atomic mass is 9.90. The molecule has 1 saturated heterocycles. The number of rotatable bonds is 6. The van der Waals surface area contributed by atoms with E-state index in [1.54, 1.807) is 0 Å². The van der Waals surface area contributed by atoms with E-state index in [9.17, 15) is 9.59 Å². The number of likely N-dealkylation sites (tertiary alicyclic amines) is 1. The Balaban J connectivity index is 2.65. The van der Waals surface area contributed by atoms with Crippen LogP contribution in [0.15, 0.2) is 0 Å². The molecule has 2 unspecified atom stereocenters. The summed E-state index contributed by atoms with van der Waals surface area (Å²) >= 11 is 0. The number of hydrogen-bond donors (Lipinski definition) is 1. The second-order valence-corrected chi connectivity index (χ2v) is 6.85. The summed E-state index contributed by atoms with van der Waals surface area (Å²) < 4.78 is 4.78. The van der Waals surface area contributed by atoms with E-state index in [-0.39, 0.29) is 29.8 Å². The van der Waals surface area contributed by atoms with Gasteiger partial charge in [-0.25, -0.2) is 0 Å². The van der Waals surface area contributed by atoms with Gasteiger partial charge in [0.25, 0.3) is 0 Å². The van der Waals surface area contributed by atoms with Gasteiger partial charge in [0.05, 0.1) is 7.11 Å². The van der Waals surface area contributed by atoms with Gasteiger partial charge in [-0.2, -0.15) is 0 Å². The molecule has 1 aliphatic heterocycles. The zero-order chi connectivity index (χ0) is 16.0. The molecule has 1 fully saturated rings. The van der Waals surface area contributed by atoms with Gasteiger partial charge < -0.3 is 15.0 Å². The van der Waals surface area contributed by atoms with Gasteiger partial charge in [0.1, 0.15) is 0 Å². The van der Waals surface area contributed by atoms with Crippen LogP contribution < -0.4 is 5.32 Å². The molecule has 0 radical (unpaired) electrons. The van der Waals surface area contributed by atoms with Crippen molar-refractivity contribution in [1.29, 1.82) is 0 Å². The number of hydrogen-bond acceptors (Lipinski definition) is 4. The molecule has 0 aromatic carbocycles. The molecule has 0 bridgehead atoms. The average Bonchev–Trinajstić information content (AvgIpc) is 2.37. The number of esters is 1. The van der Waals surface area contributed by atoms with Crippen LogP contribution in [0.5, 0.6) is 0 Å². The number of piperidine rings is 1. The lowest BCUT2D eigenvalue weighted by molar-refractivity contribution is -0.142. The Labute approximate surface area is 128 Å². The Hall–Kier alpha value is -1.10. The van der Waals surface area contributed by atoms with Crippen molar-refractivity contribution >= 4 is 11.9 Å². The number of methoxy groups -OCH3 is 1. The summed E-state index contributed by atoms with van der Waals surface area (Å²) in [6.07, 6.45) is 1.28. The maximum Gasteiger partial charge on any atom is 0.305 e. The van der Waals surface area contributed by atoms with E-state index in [2.05, 4.69) is 24.1 Å². The molecule has 0 spiro atoms. The maximum atomic E-state index is 11.9. The first kappa shape index (κ1) is 18.0. The largest absolute Gasteiger partial charge is 0.469 e. The van der Waals surface area contributed by atoms with Gasteiger partial charge in [-0.15, -0.1) is 0 Å². The molecule has 5 heteroatoms. The van der Waals surface area contributed by atoms with Crippen molar-refractivity contribution in [1.82, 2.24) is 10.2 Å². The van der Waals surface area contributed by atoms with Crippen molar-refractivity contribution in [2.45, 2.75) is 46.6 Å². The van der Waals surface area contributed by atoms with Gasteiger partial charge in [-0.05, 0) is 18.3 Å². The molecule has 0 saturated carbocycles. The molecule has 0 aromatic rings. The second kappa shape index (κ2) is 8.37. The Kier molecular flexibility index (Phi) is 7.15. The highest BCUT2D eigenvalue weighted by atomic mass is 16.5. The van der Waals surface area contributed by atoms with Gasteiger partial charge in [0, 0.05) is 38.0 Å². The highest BCUT2D eigenvalue weighted by molar-refractivity contribution is 5.78. The van der Waals surface area contributed by atoms with E-state index >= 15 is 0 Å². The molecule has 21 heavy (non-hydrogen) atoms. The van der Waals surface area contributed by atoms with E-state index < -0.39 is 0 Å². The second-order valence-electron chi connectivity index (χ2n) is 6.85. The summed E-state index contributed by atoms with van der Waals surface area (Å²) in [7, 11) is 1.43. The van der Waals surface area contributed by atoms with Crippen LogP contribution in [0, 0.1) is 17.8 Å². The van der Waals surface area contributed by atoms with Gasteiger partial charge >= 0.3 is 5.97 Å². The highest BCUT2D eigenvalue weighted by Gasteiger charge is 2.30. The Morgan fingerprint density at radius 3 is 2.43 bits per heavy atom. The average molecular weight is 298 g/mol. The van der Waals surface area contributed by atoms with Crippen molar-refractivity contribution < 1.29 is 14.3 Å². The van der Waals surface area contributed by atoms with Crippen LogP contribution in [-0.2, 0) is 14.3 Å². The molecule has 1 rings (SSSR count). The van der Waals surface area contributed by atoms with Crippen LogP contribution >= 0.6 is 0 Å². The SMILES string of the molecule is COC(=O)CC1CC(NC(=O)C(C)C)CN(CC(C)C)C1. The van der Waals surface area contributed by atoms with Crippen molar-refractivity contribution in [3.63, 3.8) is 0 Å². The Bertz CT molecular complexity index is 355. The standard InChI is InChI=1S/C16H30N2O3/c1-11(2)8-18-9-13(7-15(19)21-5)6-14(10-18)17-16(20)12(3)4/h11-14H,6-10H2,1-5H3,(H,17,20). The molecule has 5 nitrogen and oxygen atoms in total. The minimum absolute atomic E-state index is 0.00969. The predicted molar refractivity (Wildman–Crippen MR) is 82.8 cm³/mol. The van der Waals surface area contributed by atoms with Gasteiger partial charge in [0.2, 0.25) is 5.91 Å². The van der Waals surface area contributed by atoms with Crippen LogP contribution in [0.2, 0.25) is 0 Å². The van der Waals surface area contributed by atoms with Gasteiger partial charge in [-0.1, -0.05) is 27.7 Å². The van der Waals surface area contributed by atoms with E-state index in [0.717, 1.165) is 26.1 Å². The first-order valence-corrected chi connectivity index (χ1v) is 7.91. The summed E-state index contributed by atoms with van der Waals surface area (Å²) in [6.45, 7) is 10.9. The third-order valence-electron chi connectivity index (χ3n) is 3.79. The summed E-state index contributed by atoms with van der Waals surface area (Å²) in [6, 6.07) is 0.127. The van der Waals surface area contributed by atoms with Crippen LogP contribution in [0.25, 0.3) is 0 Å². The molecule has 1 amide bonds. The zero-order valence-corrected chi connectivity index (χ0v) is 14.0. The minimum Gasteiger partial charge on any atom is -0.469 e. The molecule has 2 atom stereocenters. The summed E-state index contributed by atoms with van der Waals surface area (Å²) in [5, 5.41) is 3.11. The smallest absolute Gasteiger partial charge is 0.305 e. The number of carbonyl (C=O) groups excluding carboxylic acids is 2. The predicted octanol–water partition coefficient (Wildman–Crippen LogP) is 1.67. The molecular weight excluding hydrogens is 268 g/mol. The summed E-state index contributed by atoms with van der Waals surface area (Å²) in [5.41, 5.74) is 0. The first-order valence-electron chi connectivity index (χ1n) is 7.91. The topological polar surface area (TPSA) is 58.6 Å². The summed E-state index contributed by atoms with van der Waals surface area (Å²) in [4.78, 5) is 25.8. The molecule has 1 N–H and O–H groups in total. The van der Waals surface area contributed by atoms with Crippen LogP contribution in [-0.4, -0.2) is 49.6 Å². The van der Waals surface area contributed by atoms with Gasteiger partial charge in [0.15, 0.2) is 0 Å². The molecule has 0 aliphatic carbocycles. The third-order valence-corrected chi connectivity index (χ3v) is 3.79. The van der Waals surface area contributed by atoms with E-state index in [4.69, 9.17) is 4.74 Å².